The van der Waals surface area contributed by atoms with E-state index < -0.39 is 0 Å². The summed E-state index contributed by atoms with van der Waals surface area (Å²) in [7, 11) is 0. The highest BCUT2D eigenvalue weighted by Crippen LogP contribution is 2.34. The number of hydrogen-bond acceptors (Lipinski definition) is 0. The van der Waals surface area contributed by atoms with E-state index in [9.17, 15) is 0 Å². The van der Waals surface area contributed by atoms with Gasteiger partial charge in [0.1, 0.15) is 0 Å². The molecule has 0 heteroatoms. The van der Waals surface area contributed by atoms with Crippen molar-refractivity contribution in [2.75, 3.05) is 0 Å². The Bertz CT molecular complexity index is 347. The first-order valence-electron chi connectivity index (χ1n) is 11.2. The van der Waals surface area contributed by atoms with Gasteiger partial charge in [0.15, 0.2) is 0 Å². The minimum atomic E-state index is 0.867. The lowest BCUT2D eigenvalue weighted by molar-refractivity contribution is 0.484. The summed E-state index contributed by atoms with van der Waals surface area (Å²) in [6.07, 6.45) is 27.3. The second kappa shape index (κ2) is 14.8. The van der Waals surface area contributed by atoms with Gasteiger partial charge in [-0.25, -0.2) is 0 Å². The van der Waals surface area contributed by atoms with Gasteiger partial charge in [0.25, 0.3) is 0 Å². The van der Waals surface area contributed by atoms with Crippen molar-refractivity contribution in [2.45, 2.75) is 124 Å². The molecule has 0 saturated heterocycles. The normalized spacial score (nSPS) is 17.7. The predicted octanol–water partition coefficient (Wildman–Crippen LogP) is 8.77. The Morgan fingerprint density at radius 2 is 1.25 bits per heavy atom. The van der Waals surface area contributed by atoms with Crippen LogP contribution in [0.15, 0.2) is 23.3 Å². The zero-order valence-electron chi connectivity index (χ0n) is 17.0. The van der Waals surface area contributed by atoms with Crippen LogP contribution in [-0.4, -0.2) is 0 Å². The molecule has 0 heterocycles. The second-order valence-electron chi connectivity index (χ2n) is 7.94. The maximum atomic E-state index is 2.52. The van der Waals surface area contributed by atoms with Crippen LogP contribution in [0.5, 0.6) is 0 Å². The monoisotopic (exact) mass is 332 g/mol. The average Bonchev–Trinajstić information content (AvgIpc) is 2.60. The lowest BCUT2D eigenvalue weighted by atomic mass is 9.80. The van der Waals surface area contributed by atoms with Crippen LogP contribution in [0.1, 0.15) is 124 Å². The fourth-order valence-electron chi connectivity index (χ4n) is 3.98. The predicted molar refractivity (Wildman–Crippen MR) is 111 cm³/mol. The quantitative estimate of drug-likeness (QED) is 0.263. The Kier molecular flexibility index (Phi) is 13.3. The molecule has 0 aromatic carbocycles. The number of hydrogen-bond donors (Lipinski definition) is 0. The fraction of sp³-hybridized carbons (Fsp3) is 0.833. The Balaban J connectivity index is 2.39. The SMILES string of the molecule is CCCCCCCC1=CC=C(CCCCCCC)C(CCCC)C1. The third kappa shape index (κ3) is 9.70. The van der Waals surface area contributed by atoms with E-state index in [2.05, 4.69) is 32.9 Å². The number of rotatable bonds is 15. The third-order valence-electron chi connectivity index (χ3n) is 5.64. The Hall–Kier alpha value is -0.520. The van der Waals surface area contributed by atoms with Gasteiger partial charge in [-0.1, -0.05) is 108 Å². The van der Waals surface area contributed by atoms with Gasteiger partial charge in [0.05, 0.1) is 0 Å². The van der Waals surface area contributed by atoms with Crippen LogP contribution >= 0.6 is 0 Å². The maximum absolute atomic E-state index is 2.52. The summed E-state index contributed by atoms with van der Waals surface area (Å²) in [5.41, 5.74) is 3.51. The van der Waals surface area contributed by atoms with E-state index in [0.717, 1.165) is 5.92 Å². The van der Waals surface area contributed by atoms with Crippen molar-refractivity contribution in [3.8, 4) is 0 Å². The highest BCUT2D eigenvalue weighted by Gasteiger charge is 2.18. The first-order chi connectivity index (χ1) is 11.8. The molecule has 0 bridgehead atoms. The zero-order chi connectivity index (χ0) is 17.5. The average molecular weight is 333 g/mol. The van der Waals surface area contributed by atoms with Gasteiger partial charge in [-0.2, -0.15) is 0 Å². The molecule has 1 aliphatic rings. The largest absolute Gasteiger partial charge is 0.0696 e. The van der Waals surface area contributed by atoms with Crippen molar-refractivity contribution in [3.63, 3.8) is 0 Å². The van der Waals surface area contributed by atoms with Crippen LogP contribution in [0, 0.1) is 5.92 Å². The summed E-state index contributed by atoms with van der Waals surface area (Å²) >= 11 is 0. The van der Waals surface area contributed by atoms with Crippen molar-refractivity contribution in [1.29, 1.82) is 0 Å². The molecule has 0 amide bonds. The molecular formula is C24H44. The molecule has 0 N–H and O–H groups in total. The molecule has 0 nitrogen and oxygen atoms in total. The van der Waals surface area contributed by atoms with Gasteiger partial charge in [-0.15, -0.1) is 0 Å². The molecule has 0 aromatic rings. The van der Waals surface area contributed by atoms with Crippen LogP contribution < -0.4 is 0 Å². The molecule has 0 spiro atoms. The zero-order valence-corrected chi connectivity index (χ0v) is 17.0. The van der Waals surface area contributed by atoms with Crippen molar-refractivity contribution < 1.29 is 0 Å². The van der Waals surface area contributed by atoms with Crippen molar-refractivity contribution >= 4 is 0 Å². The molecular weight excluding hydrogens is 288 g/mol. The van der Waals surface area contributed by atoms with Crippen LogP contribution in [0.25, 0.3) is 0 Å². The number of unbranched alkanes of at least 4 members (excludes halogenated alkanes) is 9. The van der Waals surface area contributed by atoms with E-state index in [4.69, 9.17) is 0 Å². The molecule has 140 valence electrons. The van der Waals surface area contributed by atoms with Crippen LogP contribution in [0.4, 0.5) is 0 Å². The van der Waals surface area contributed by atoms with E-state index >= 15 is 0 Å². The first kappa shape index (κ1) is 21.5. The topological polar surface area (TPSA) is 0 Å². The molecule has 0 fully saturated rings. The van der Waals surface area contributed by atoms with E-state index in [1.807, 2.05) is 0 Å². The summed E-state index contributed by atoms with van der Waals surface area (Å²) in [5.74, 6) is 0.867. The van der Waals surface area contributed by atoms with Gasteiger partial charge in [-0.3, -0.25) is 0 Å². The standard InChI is InChI=1S/C24H44/c1-4-7-10-12-14-16-22-19-20-23(18-15-13-11-8-5-2)24(21-22)17-9-6-3/h19-20,24H,4-18,21H2,1-3H3. The molecule has 1 aliphatic carbocycles. The lowest BCUT2D eigenvalue weighted by Gasteiger charge is -2.25. The fourth-order valence-corrected chi connectivity index (χ4v) is 3.98. The molecule has 0 aromatic heterocycles. The van der Waals surface area contributed by atoms with Crippen LogP contribution in [-0.2, 0) is 0 Å². The summed E-state index contributed by atoms with van der Waals surface area (Å²) < 4.78 is 0. The minimum absolute atomic E-state index is 0.867. The smallest absolute Gasteiger partial charge is 0.0163 e. The summed E-state index contributed by atoms with van der Waals surface area (Å²) in [4.78, 5) is 0. The summed E-state index contributed by atoms with van der Waals surface area (Å²) in [6, 6.07) is 0. The lowest BCUT2D eigenvalue weighted by Crippen LogP contribution is -2.10. The van der Waals surface area contributed by atoms with Gasteiger partial charge in [-0.05, 0) is 44.4 Å². The van der Waals surface area contributed by atoms with Gasteiger partial charge < -0.3 is 0 Å². The minimum Gasteiger partial charge on any atom is -0.0696 e. The summed E-state index contributed by atoms with van der Waals surface area (Å²) in [5, 5.41) is 0. The van der Waals surface area contributed by atoms with Gasteiger partial charge >= 0.3 is 0 Å². The van der Waals surface area contributed by atoms with Crippen molar-refractivity contribution in [1.82, 2.24) is 0 Å². The Labute approximate surface area is 153 Å². The Morgan fingerprint density at radius 3 is 1.88 bits per heavy atom. The third-order valence-corrected chi connectivity index (χ3v) is 5.64. The molecule has 0 aliphatic heterocycles. The van der Waals surface area contributed by atoms with Crippen molar-refractivity contribution in [3.05, 3.63) is 23.3 Å². The van der Waals surface area contributed by atoms with E-state index in [1.54, 1.807) is 11.1 Å². The van der Waals surface area contributed by atoms with E-state index in [0.29, 0.717) is 0 Å². The molecule has 1 unspecified atom stereocenters. The molecule has 24 heavy (non-hydrogen) atoms. The second-order valence-corrected chi connectivity index (χ2v) is 7.94. The van der Waals surface area contributed by atoms with E-state index in [1.165, 1.54) is 103 Å². The van der Waals surface area contributed by atoms with Crippen LogP contribution in [0.2, 0.25) is 0 Å². The van der Waals surface area contributed by atoms with Gasteiger partial charge in [0.2, 0.25) is 0 Å². The van der Waals surface area contributed by atoms with E-state index in [-0.39, 0.29) is 0 Å². The maximum Gasteiger partial charge on any atom is -0.0163 e. The summed E-state index contributed by atoms with van der Waals surface area (Å²) in [6.45, 7) is 6.94. The molecule has 1 rings (SSSR count). The highest BCUT2D eigenvalue weighted by molar-refractivity contribution is 5.26. The molecule has 0 saturated carbocycles. The highest BCUT2D eigenvalue weighted by atomic mass is 14.2. The molecule has 1 atom stereocenters. The first-order valence-corrected chi connectivity index (χ1v) is 11.2. The van der Waals surface area contributed by atoms with Crippen molar-refractivity contribution in [2.24, 2.45) is 5.92 Å². The van der Waals surface area contributed by atoms with Gasteiger partial charge in [0, 0.05) is 0 Å². The Morgan fingerprint density at radius 1 is 0.667 bits per heavy atom. The van der Waals surface area contributed by atoms with Crippen LogP contribution in [0.3, 0.4) is 0 Å². The molecule has 0 radical (unpaired) electrons. The number of allylic oxidation sites excluding steroid dienone is 4.